The van der Waals surface area contributed by atoms with Crippen molar-refractivity contribution in [1.29, 1.82) is 0 Å². The van der Waals surface area contributed by atoms with Gasteiger partial charge in [-0.05, 0) is 25.5 Å². The molecule has 0 atom stereocenters. The Morgan fingerprint density at radius 1 is 0.960 bits per heavy atom. The predicted octanol–water partition coefficient (Wildman–Crippen LogP) is 3.73. The summed E-state index contributed by atoms with van der Waals surface area (Å²) in [6.45, 7) is 8.05. The van der Waals surface area contributed by atoms with Crippen LogP contribution < -0.4 is 0 Å². The number of aryl methyl sites for hydroxylation is 2. The van der Waals surface area contributed by atoms with Gasteiger partial charge in [0.25, 0.3) is 0 Å². The molecule has 0 amide bonds. The zero-order valence-corrected chi connectivity index (χ0v) is 14.8. The maximum Gasteiger partial charge on any atom is 0.141 e. The molecule has 3 aromatic rings. The molecule has 0 saturated carbocycles. The van der Waals surface area contributed by atoms with Gasteiger partial charge in [0.2, 0.25) is 0 Å². The van der Waals surface area contributed by atoms with Crippen LogP contribution in [0.4, 0.5) is 0 Å². The van der Waals surface area contributed by atoms with Crippen molar-refractivity contribution in [3.8, 4) is 11.4 Å². The van der Waals surface area contributed by atoms with Crippen LogP contribution in [0.2, 0.25) is 0 Å². The number of para-hydroxylation sites is 2. The van der Waals surface area contributed by atoms with E-state index in [1.807, 2.05) is 0 Å². The largest absolute Gasteiger partial charge is 0.379 e. The van der Waals surface area contributed by atoms with E-state index in [0.29, 0.717) is 0 Å². The van der Waals surface area contributed by atoms with Gasteiger partial charge in [-0.2, -0.15) is 0 Å². The number of nitrogens with zero attached hydrogens (tertiary/aromatic N) is 3. The van der Waals surface area contributed by atoms with E-state index in [1.54, 1.807) is 0 Å². The van der Waals surface area contributed by atoms with E-state index in [0.717, 1.165) is 57.2 Å². The normalized spacial score (nSPS) is 15.7. The topological polar surface area (TPSA) is 30.3 Å². The van der Waals surface area contributed by atoms with Crippen molar-refractivity contribution < 1.29 is 4.74 Å². The predicted molar refractivity (Wildman–Crippen MR) is 102 cm³/mol. The van der Waals surface area contributed by atoms with Crippen LogP contribution >= 0.6 is 0 Å². The van der Waals surface area contributed by atoms with Crippen molar-refractivity contribution in [3.63, 3.8) is 0 Å². The highest BCUT2D eigenvalue weighted by molar-refractivity contribution is 5.80. The first-order valence-corrected chi connectivity index (χ1v) is 9.14. The molecular weight excluding hydrogens is 310 g/mol. The van der Waals surface area contributed by atoms with Gasteiger partial charge < -0.3 is 9.30 Å². The SMILES string of the molecule is Cc1ccc(-c2nc3ccccc3n2CCCN2CCOCC2)cc1. The molecule has 2 aromatic carbocycles. The Balaban J connectivity index is 1.59. The number of imidazole rings is 1. The number of hydrogen-bond acceptors (Lipinski definition) is 3. The summed E-state index contributed by atoms with van der Waals surface area (Å²) in [4.78, 5) is 7.40. The first kappa shape index (κ1) is 16.3. The molecule has 0 N–H and O–H groups in total. The van der Waals surface area contributed by atoms with Gasteiger partial charge in [0.15, 0.2) is 0 Å². The molecule has 1 aliphatic rings. The molecule has 4 rings (SSSR count). The Hall–Kier alpha value is -2.17. The van der Waals surface area contributed by atoms with Crippen molar-refractivity contribution in [1.82, 2.24) is 14.5 Å². The molecule has 0 radical (unpaired) electrons. The highest BCUT2D eigenvalue weighted by Gasteiger charge is 2.14. The number of aromatic nitrogens is 2. The highest BCUT2D eigenvalue weighted by Crippen LogP contribution is 2.25. The van der Waals surface area contributed by atoms with E-state index < -0.39 is 0 Å². The molecule has 0 spiro atoms. The van der Waals surface area contributed by atoms with Crippen molar-refractivity contribution >= 4 is 11.0 Å². The van der Waals surface area contributed by atoms with E-state index in [1.165, 1.54) is 16.6 Å². The van der Waals surface area contributed by atoms with Gasteiger partial charge in [-0.25, -0.2) is 4.98 Å². The fourth-order valence-electron chi connectivity index (χ4n) is 3.50. The van der Waals surface area contributed by atoms with Crippen LogP contribution in [-0.4, -0.2) is 47.3 Å². The van der Waals surface area contributed by atoms with Crippen molar-refractivity contribution in [2.75, 3.05) is 32.8 Å². The number of benzene rings is 2. The maximum absolute atomic E-state index is 5.44. The molecule has 2 heterocycles. The van der Waals surface area contributed by atoms with Gasteiger partial charge in [0, 0.05) is 31.7 Å². The second kappa shape index (κ2) is 7.38. The molecule has 4 nitrogen and oxygen atoms in total. The fraction of sp³-hybridized carbons (Fsp3) is 0.381. The lowest BCUT2D eigenvalue weighted by atomic mass is 10.1. The Bertz CT molecular complexity index is 832. The lowest BCUT2D eigenvalue weighted by Crippen LogP contribution is -2.37. The molecule has 130 valence electrons. The van der Waals surface area contributed by atoms with Gasteiger partial charge >= 0.3 is 0 Å². The molecular formula is C21H25N3O. The number of hydrogen-bond donors (Lipinski definition) is 0. The molecule has 0 bridgehead atoms. The van der Waals surface area contributed by atoms with Gasteiger partial charge in [0.05, 0.1) is 24.2 Å². The third-order valence-corrected chi connectivity index (χ3v) is 4.92. The van der Waals surface area contributed by atoms with Crippen LogP contribution in [0.15, 0.2) is 48.5 Å². The van der Waals surface area contributed by atoms with Crippen LogP contribution in [0.3, 0.4) is 0 Å². The van der Waals surface area contributed by atoms with E-state index in [9.17, 15) is 0 Å². The minimum atomic E-state index is 0.864. The summed E-state index contributed by atoms with van der Waals surface area (Å²) >= 11 is 0. The first-order valence-electron chi connectivity index (χ1n) is 9.14. The van der Waals surface area contributed by atoms with E-state index >= 15 is 0 Å². The molecule has 1 aliphatic heterocycles. The lowest BCUT2D eigenvalue weighted by Gasteiger charge is -2.26. The summed E-state index contributed by atoms with van der Waals surface area (Å²) in [5, 5.41) is 0. The van der Waals surface area contributed by atoms with Gasteiger partial charge in [0.1, 0.15) is 5.82 Å². The number of ether oxygens (including phenoxy) is 1. The van der Waals surface area contributed by atoms with Crippen LogP contribution in [-0.2, 0) is 11.3 Å². The fourth-order valence-corrected chi connectivity index (χ4v) is 3.50. The molecule has 4 heteroatoms. The molecule has 1 aromatic heterocycles. The summed E-state index contributed by atoms with van der Waals surface area (Å²) in [5.74, 6) is 1.07. The van der Waals surface area contributed by atoms with Crippen LogP contribution in [0.25, 0.3) is 22.4 Å². The summed E-state index contributed by atoms with van der Waals surface area (Å²) in [5.41, 5.74) is 4.76. The smallest absolute Gasteiger partial charge is 0.141 e. The minimum absolute atomic E-state index is 0.864. The standard InChI is InChI=1S/C21H25N3O/c1-17-7-9-18(10-8-17)21-22-19-5-2-3-6-20(19)24(21)12-4-11-23-13-15-25-16-14-23/h2-3,5-10H,4,11-16H2,1H3. The van der Waals surface area contributed by atoms with E-state index in [2.05, 4.69) is 64.9 Å². The summed E-state index contributed by atoms with van der Waals surface area (Å²) in [6.07, 6.45) is 1.12. The Morgan fingerprint density at radius 3 is 2.52 bits per heavy atom. The lowest BCUT2D eigenvalue weighted by molar-refractivity contribution is 0.0370. The average Bonchev–Trinajstić information content (AvgIpc) is 3.02. The van der Waals surface area contributed by atoms with Crippen LogP contribution in [0.1, 0.15) is 12.0 Å². The number of morpholine rings is 1. The highest BCUT2D eigenvalue weighted by atomic mass is 16.5. The molecule has 1 fully saturated rings. The third kappa shape index (κ3) is 3.60. The summed E-state index contributed by atoms with van der Waals surface area (Å²) in [7, 11) is 0. The second-order valence-electron chi connectivity index (χ2n) is 6.75. The zero-order valence-electron chi connectivity index (χ0n) is 14.8. The number of fused-ring (bicyclic) bond motifs is 1. The maximum atomic E-state index is 5.44. The first-order chi connectivity index (χ1) is 12.3. The van der Waals surface area contributed by atoms with Crippen LogP contribution in [0.5, 0.6) is 0 Å². The monoisotopic (exact) mass is 335 g/mol. The quantitative estimate of drug-likeness (QED) is 0.712. The zero-order chi connectivity index (χ0) is 17.1. The van der Waals surface area contributed by atoms with Gasteiger partial charge in [-0.15, -0.1) is 0 Å². The van der Waals surface area contributed by atoms with Gasteiger partial charge in [-0.1, -0.05) is 42.0 Å². The summed E-state index contributed by atoms with van der Waals surface area (Å²) in [6, 6.07) is 17.1. The number of rotatable bonds is 5. The summed E-state index contributed by atoms with van der Waals surface area (Å²) < 4.78 is 7.81. The van der Waals surface area contributed by atoms with Gasteiger partial charge in [-0.3, -0.25) is 4.90 Å². The third-order valence-electron chi connectivity index (χ3n) is 4.92. The van der Waals surface area contributed by atoms with Crippen LogP contribution in [0, 0.1) is 6.92 Å². The Kier molecular flexibility index (Phi) is 4.81. The van der Waals surface area contributed by atoms with E-state index in [-0.39, 0.29) is 0 Å². The average molecular weight is 335 g/mol. The van der Waals surface area contributed by atoms with E-state index in [4.69, 9.17) is 9.72 Å². The van der Waals surface area contributed by atoms with Crippen molar-refractivity contribution in [2.24, 2.45) is 0 Å². The molecule has 0 unspecified atom stereocenters. The molecule has 25 heavy (non-hydrogen) atoms. The molecule has 1 saturated heterocycles. The second-order valence-corrected chi connectivity index (χ2v) is 6.75. The minimum Gasteiger partial charge on any atom is -0.379 e. The Labute approximate surface area is 149 Å². The molecule has 0 aliphatic carbocycles. The van der Waals surface area contributed by atoms with Crippen molar-refractivity contribution in [3.05, 3.63) is 54.1 Å². The van der Waals surface area contributed by atoms with Crippen molar-refractivity contribution in [2.45, 2.75) is 19.9 Å². The Morgan fingerprint density at radius 2 is 1.72 bits per heavy atom.